The number of aromatic nitrogens is 1. The highest BCUT2D eigenvalue weighted by molar-refractivity contribution is 5.45. The molecule has 0 saturated carbocycles. The molecule has 0 aliphatic heterocycles. The molecule has 1 heterocycles. The molecule has 2 nitrogen and oxygen atoms in total. The number of hydrogen-bond acceptors (Lipinski definition) is 2. The summed E-state index contributed by atoms with van der Waals surface area (Å²) >= 11 is 0. The third kappa shape index (κ3) is 3.82. The van der Waals surface area contributed by atoms with Crippen molar-refractivity contribution in [3.63, 3.8) is 0 Å². The summed E-state index contributed by atoms with van der Waals surface area (Å²) in [6.45, 7) is 4.32. The average molecular weight is 254 g/mol. The zero-order valence-electron chi connectivity index (χ0n) is 11.8. The van der Waals surface area contributed by atoms with Gasteiger partial charge in [0, 0.05) is 6.20 Å². The molecule has 0 aliphatic carbocycles. The van der Waals surface area contributed by atoms with Gasteiger partial charge < -0.3 is 5.32 Å². The quantitative estimate of drug-likeness (QED) is 0.805. The summed E-state index contributed by atoms with van der Waals surface area (Å²) in [6, 6.07) is 15.0. The summed E-state index contributed by atoms with van der Waals surface area (Å²) in [5.74, 6) is 0.993. The van der Waals surface area contributed by atoms with Gasteiger partial charge in [0.1, 0.15) is 5.82 Å². The van der Waals surface area contributed by atoms with Gasteiger partial charge in [-0.2, -0.15) is 0 Å². The Hall–Kier alpha value is -1.83. The fraction of sp³-hybridized carbons (Fsp3) is 0.353. The van der Waals surface area contributed by atoms with Crippen LogP contribution in [-0.4, -0.2) is 4.98 Å². The van der Waals surface area contributed by atoms with E-state index in [4.69, 9.17) is 0 Å². The highest BCUT2D eigenvalue weighted by Gasteiger charge is 2.12. The Morgan fingerprint density at radius 3 is 2.58 bits per heavy atom. The summed E-state index contributed by atoms with van der Waals surface area (Å²) in [5, 5.41) is 3.59. The minimum absolute atomic E-state index is 0.342. The first-order valence-electron chi connectivity index (χ1n) is 7.04. The van der Waals surface area contributed by atoms with E-state index in [-0.39, 0.29) is 0 Å². The molecule has 1 aromatic carbocycles. The lowest BCUT2D eigenvalue weighted by Crippen LogP contribution is -2.12. The van der Waals surface area contributed by atoms with Crippen LogP contribution in [0.1, 0.15) is 43.4 Å². The zero-order valence-corrected chi connectivity index (χ0v) is 11.8. The number of hydrogen-bond donors (Lipinski definition) is 1. The lowest BCUT2D eigenvalue weighted by Gasteiger charge is -2.20. The van der Waals surface area contributed by atoms with Crippen LogP contribution in [0.15, 0.2) is 48.7 Å². The van der Waals surface area contributed by atoms with Crippen molar-refractivity contribution in [2.24, 2.45) is 0 Å². The lowest BCUT2D eigenvalue weighted by atomic mass is 10.0. The fourth-order valence-electron chi connectivity index (χ4n) is 2.22. The van der Waals surface area contributed by atoms with Crippen molar-refractivity contribution in [3.8, 4) is 0 Å². The van der Waals surface area contributed by atoms with Gasteiger partial charge in [-0.15, -0.1) is 0 Å². The van der Waals surface area contributed by atoms with Gasteiger partial charge in [0.2, 0.25) is 0 Å². The van der Waals surface area contributed by atoms with Crippen LogP contribution in [-0.2, 0) is 0 Å². The van der Waals surface area contributed by atoms with Crippen molar-refractivity contribution in [3.05, 3.63) is 59.8 Å². The van der Waals surface area contributed by atoms with Crippen LogP contribution < -0.4 is 5.32 Å². The van der Waals surface area contributed by atoms with E-state index in [1.807, 2.05) is 12.3 Å². The van der Waals surface area contributed by atoms with Crippen LogP contribution in [0.4, 0.5) is 5.82 Å². The fourth-order valence-corrected chi connectivity index (χ4v) is 2.22. The van der Waals surface area contributed by atoms with E-state index in [1.165, 1.54) is 24.0 Å². The van der Waals surface area contributed by atoms with Crippen molar-refractivity contribution < 1.29 is 0 Å². The molecule has 0 amide bonds. The van der Waals surface area contributed by atoms with Gasteiger partial charge in [-0.25, -0.2) is 4.98 Å². The molecule has 100 valence electrons. The van der Waals surface area contributed by atoms with Gasteiger partial charge in [-0.1, -0.05) is 56.2 Å². The van der Waals surface area contributed by atoms with Gasteiger partial charge in [-0.3, -0.25) is 0 Å². The van der Waals surface area contributed by atoms with Crippen molar-refractivity contribution in [2.75, 3.05) is 5.32 Å². The topological polar surface area (TPSA) is 24.9 Å². The summed E-state index contributed by atoms with van der Waals surface area (Å²) < 4.78 is 0. The minimum Gasteiger partial charge on any atom is -0.363 e. The number of anilines is 1. The van der Waals surface area contributed by atoms with Crippen molar-refractivity contribution in [2.45, 2.75) is 39.2 Å². The second kappa shape index (κ2) is 6.93. The summed E-state index contributed by atoms with van der Waals surface area (Å²) in [6.07, 6.45) is 5.42. The van der Waals surface area contributed by atoms with Gasteiger partial charge in [0.25, 0.3) is 0 Å². The molecule has 0 radical (unpaired) electrons. The Balaban J connectivity index is 2.17. The van der Waals surface area contributed by atoms with Crippen LogP contribution in [0.5, 0.6) is 0 Å². The molecule has 2 rings (SSSR count). The highest BCUT2D eigenvalue weighted by Crippen LogP contribution is 2.24. The van der Waals surface area contributed by atoms with Crippen LogP contribution in [0.2, 0.25) is 0 Å². The molecule has 1 N–H and O–H groups in total. The molecule has 1 atom stereocenters. The van der Waals surface area contributed by atoms with Gasteiger partial charge >= 0.3 is 0 Å². The first-order chi connectivity index (χ1) is 9.31. The standard InChI is InChI=1S/C17H22N2/c1-3-4-12-16(15-10-6-5-7-11-15)19-17-14(2)9-8-13-18-17/h5-11,13,16H,3-4,12H2,1-2H3,(H,18,19). The first-order valence-corrected chi connectivity index (χ1v) is 7.04. The monoisotopic (exact) mass is 254 g/mol. The summed E-state index contributed by atoms with van der Waals surface area (Å²) in [7, 11) is 0. The number of nitrogens with zero attached hydrogens (tertiary/aromatic N) is 1. The first kappa shape index (κ1) is 13.6. The van der Waals surface area contributed by atoms with Gasteiger partial charge in [0.15, 0.2) is 0 Å². The maximum Gasteiger partial charge on any atom is 0.129 e. The second-order valence-corrected chi connectivity index (χ2v) is 4.92. The van der Waals surface area contributed by atoms with Crippen molar-refractivity contribution in [1.82, 2.24) is 4.98 Å². The Labute approximate surface area is 115 Å². The largest absolute Gasteiger partial charge is 0.363 e. The molecule has 0 saturated heterocycles. The van der Waals surface area contributed by atoms with Crippen molar-refractivity contribution in [1.29, 1.82) is 0 Å². The second-order valence-electron chi connectivity index (χ2n) is 4.92. The molecule has 0 aliphatic rings. The number of pyridine rings is 1. The lowest BCUT2D eigenvalue weighted by molar-refractivity contribution is 0.632. The SMILES string of the molecule is CCCCC(Nc1ncccc1C)c1ccccc1. The van der Waals surface area contributed by atoms with E-state index < -0.39 is 0 Å². The van der Waals surface area contributed by atoms with Crippen molar-refractivity contribution >= 4 is 5.82 Å². The van der Waals surface area contributed by atoms with E-state index in [2.05, 4.69) is 60.5 Å². The number of rotatable bonds is 6. The van der Waals surface area contributed by atoms with E-state index in [0.29, 0.717) is 6.04 Å². The van der Waals surface area contributed by atoms with E-state index in [0.717, 1.165) is 12.2 Å². The molecule has 0 bridgehead atoms. The summed E-state index contributed by atoms with van der Waals surface area (Å²) in [4.78, 5) is 4.44. The predicted octanol–water partition coefficient (Wildman–Crippen LogP) is 4.73. The number of aryl methyl sites for hydroxylation is 1. The zero-order chi connectivity index (χ0) is 13.5. The molecular weight excluding hydrogens is 232 g/mol. The van der Waals surface area contributed by atoms with E-state index >= 15 is 0 Å². The van der Waals surface area contributed by atoms with Gasteiger partial charge in [0.05, 0.1) is 6.04 Å². The Kier molecular flexibility index (Phi) is 4.96. The predicted molar refractivity (Wildman–Crippen MR) is 81.3 cm³/mol. The molecule has 2 aromatic rings. The molecule has 1 aromatic heterocycles. The maximum absolute atomic E-state index is 4.44. The van der Waals surface area contributed by atoms with Crippen LogP contribution in [0, 0.1) is 6.92 Å². The smallest absolute Gasteiger partial charge is 0.129 e. The molecule has 1 unspecified atom stereocenters. The minimum atomic E-state index is 0.342. The average Bonchev–Trinajstić information content (AvgIpc) is 2.46. The third-order valence-electron chi connectivity index (χ3n) is 3.37. The Morgan fingerprint density at radius 2 is 1.89 bits per heavy atom. The number of unbranched alkanes of at least 4 members (excludes halogenated alkanes) is 1. The number of benzene rings is 1. The molecule has 19 heavy (non-hydrogen) atoms. The molecule has 0 spiro atoms. The van der Waals surface area contributed by atoms with E-state index in [1.54, 1.807) is 0 Å². The van der Waals surface area contributed by atoms with Crippen LogP contribution in [0.3, 0.4) is 0 Å². The Morgan fingerprint density at radius 1 is 1.11 bits per heavy atom. The van der Waals surface area contributed by atoms with Crippen LogP contribution >= 0.6 is 0 Å². The third-order valence-corrected chi connectivity index (χ3v) is 3.37. The molecule has 2 heteroatoms. The maximum atomic E-state index is 4.44. The van der Waals surface area contributed by atoms with E-state index in [9.17, 15) is 0 Å². The normalized spacial score (nSPS) is 12.1. The number of nitrogens with one attached hydrogen (secondary N) is 1. The van der Waals surface area contributed by atoms with Crippen LogP contribution in [0.25, 0.3) is 0 Å². The van der Waals surface area contributed by atoms with Gasteiger partial charge in [-0.05, 0) is 30.5 Å². The Bertz CT molecular complexity index is 494. The summed E-state index contributed by atoms with van der Waals surface area (Å²) in [5.41, 5.74) is 2.53. The highest BCUT2D eigenvalue weighted by atomic mass is 15.0. The molecule has 0 fully saturated rings. The molecular formula is C17H22N2.